The Hall–Kier alpha value is -2.37. The van der Waals surface area contributed by atoms with Crippen molar-refractivity contribution in [2.24, 2.45) is 11.8 Å². The van der Waals surface area contributed by atoms with Crippen LogP contribution in [0.1, 0.15) is 37.6 Å². The van der Waals surface area contributed by atoms with E-state index in [2.05, 4.69) is 10.6 Å². The Kier molecular flexibility index (Phi) is 5.36. The largest absolute Gasteiger partial charge is 0.464 e. The zero-order valence-electron chi connectivity index (χ0n) is 13.6. The van der Waals surface area contributed by atoms with Gasteiger partial charge in [-0.2, -0.15) is 0 Å². The van der Waals surface area contributed by atoms with Crippen molar-refractivity contribution in [2.45, 2.75) is 33.2 Å². The van der Waals surface area contributed by atoms with Gasteiger partial charge in [-0.05, 0) is 44.4 Å². The fourth-order valence-electron chi connectivity index (χ4n) is 2.27. The maximum absolute atomic E-state index is 12.2. The molecule has 0 saturated heterocycles. The van der Waals surface area contributed by atoms with Gasteiger partial charge in [0.05, 0.1) is 6.61 Å². The van der Waals surface area contributed by atoms with Gasteiger partial charge in [-0.15, -0.1) is 0 Å². The summed E-state index contributed by atoms with van der Waals surface area (Å²) in [5.74, 6) is -0.396. The van der Waals surface area contributed by atoms with Crippen molar-refractivity contribution in [1.29, 1.82) is 0 Å². The highest BCUT2D eigenvalue weighted by Crippen LogP contribution is 2.38. The van der Waals surface area contributed by atoms with E-state index in [1.165, 1.54) is 0 Å². The molecule has 124 valence electrons. The summed E-state index contributed by atoms with van der Waals surface area (Å²) in [4.78, 5) is 35.6. The summed E-state index contributed by atoms with van der Waals surface area (Å²) in [6.45, 7) is 5.57. The first kappa shape index (κ1) is 17.0. The summed E-state index contributed by atoms with van der Waals surface area (Å²) < 4.78 is 4.85. The van der Waals surface area contributed by atoms with Gasteiger partial charge in [0.15, 0.2) is 0 Å². The van der Waals surface area contributed by atoms with E-state index in [0.717, 1.165) is 6.42 Å². The average molecular weight is 318 g/mol. The molecule has 2 amide bonds. The highest BCUT2D eigenvalue weighted by Gasteiger charge is 2.39. The summed E-state index contributed by atoms with van der Waals surface area (Å²) in [6.07, 6.45) is 0.906. The first-order valence-corrected chi connectivity index (χ1v) is 7.80. The number of esters is 1. The number of anilines is 1. The lowest BCUT2D eigenvalue weighted by Crippen LogP contribution is -2.39. The lowest BCUT2D eigenvalue weighted by molar-refractivity contribution is -0.144. The van der Waals surface area contributed by atoms with Gasteiger partial charge in [-0.3, -0.25) is 9.59 Å². The molecule has 1 aromatic rings. The molecular weight excluding hydrogens is 296 g/mol. The lowest BCUT2D eigenvalue weighted by atomic mass is 10.1. The number of carbonyl (C=O) groups excluding carboxylic acids is 3. The molecule has 1 aromatic carbocycles. The molecule has 23 heavy (non-hydrogen) atoms. The molecule has 2 N–H and O–H groups in total. The average Bonchev–Trinajstić information content (AvgIpc) is 3.24. The number of hydrogen-bond donors (Lipinski definition) is 2. The molecule has 0 heterocycles. The highest BCUT2D eigenvalue weighted by atomic mass is 16.5. The topological polar surface area (TPSA) is 84.5 Å². The van der Waals surface area contributed by atoms with Crippen molar-refractivity contribution in [3.63, 3.8) is 0 Å². The van der Waals surface area contributed by atoms with Crippen LogP contribution in [0.15, 0.2) is 24.3 Å². The van der Waals surface area contributed by atoms with Gasteiger partial charge in [0.1, 0.15) is 6.04 Å². The van der Waals surface area contributed by atoms with E-state index in [0.29, 0.717) is 17.2 Å². The number of rotatable bonds is 6. The Morgan fingerprint density at radius 1 is 1.35 bits per heavy atom. The summed E-state index contributed by atoms with van der Waals surface area (Å²) in [5.41, 5.74) is 0.952. The predicted octanol–water partition coefficient (Wildman–Crippen LogP) is 1.96. The summed E-state index contributed by atoms with van der Waals surface area (Å²) in [5, 5.41) is 5.39. The first-order chi connectivity index (χ1) is 10.9. The fourth-order valence-corrected chi connectivity index (χ4v) is 2.27. The van der Waals surface area contributed by atoms with Crippen molar-refractivity contribution in [1.82, 2.24) is 5.32 Å². The van der Waals surface area contributed by atoms with E-state index < -0.39 is 12.0 Å². The summed E-state index contributed by atoms with van der Waals surface area (Å²) in [6, 6.07) is 5.92. The second-order valence-corrected chi connectivity index (χ2v) is 5.84. The standard InChI is InChI=1S/C17H22N2O4/c1-4-23-17(22)11(3)18-15(20)12-6-5-7-13(9-12)19-16(21)14-8-10(14)2/h5-7,9-11,14H,4,8H2,1-3H3,(H,18,20)(H,19,21)/t10-,11+,14-/m1/s1. The van der Waals surface area contributed by atoms with Gasteiger partial charge in [0, 0.05) is 17.2 Å². The van der Waals surface area contributed by atoms with Crippen molar-refractivity contribution < 1.29 is 19.1 Å². The minimum Gasteiger partial charge on any atom is -0.464 e. The van der Waals surface area contributed by atoms with Crippen LogP contribution in [0.2, 0.25) is 0 Å². The number of benzene rings is 1. The monoisotopic (exact) mass is 318 g/mol. The Labute approximate surface area is 135 Å². The van der Waals surface area contributed by atoms with Crippen LogP contribution in [-0.2, 0) is 14.3 Å². The molecule has 0 aromatic heterocycles. The molecule has 0 bridgehead atoms. The molecule has 1 aliphatic carbocycles. The first-order valence-electron chi connectivity index (χ1n) is 7.80. The third-order valence-electron chi connectivity index (χ3n) is 3.83. The Morgan fingerprint density at radius 2 is 2.04 bits per heavy atom. The quantitative estimate of drug-likeness (QED) is 0.785. The van der Waals surface area contributed by atoms with Crippen molar-refractivity contribution in [3.8, 4) is 0 Å². The fraction of sp³-hybridized carbons (Fsp3) is 0.471. The number of amides is 2. The molecular formula is C17H22N2O4. The van der Waals surface area contributed by atoms with E-state index in [1.54, 1.807) is 38.1 Å². The van der Waals surface area contributed by atoms with E-state index in [1.807, 2.05) is 6.92 Å². The van der Waals surface area contributed by atoms with Crippen molar-refractivity contribution >= 4 is 23.5 Å². The minimum absolute atomic E-state index is 0.0186. The van der Waals surface area contributed by atoms with Crippen molar-refractivity contribution in [2.75, 3.05) is 11.9 Å². The zero-order chi connectivity index (χ0) is 17.0. The molecule has 6 nitrogen and oxygen atoms in total. The van der Waals surface area contributed by atoms with Crippen LogP contribution in [0.25, 0.3) is 0 Å². The lowest BCUT2D eigenvalue weighted by Gasteiger charge is -2.13. The van der Waals surface area contributed by atoms with Gasteiger partial charge in [-0.1, -0.05) is 13.0 Å². The van der Waals surface area contributed by atoms with E-state index in [4.69, 9.17) is 4.74 Å². The Balaban J connectivity index is 1.97. The van der Waals surface area contributed by atoms with Gasteiger partial charge < -0.3 is 15.4 Å². The smallest absolute Gasteiger partial charge is 0.328 e. The van der Waals surface area contributed by atoms with Crippen molar-refractivity contribution in [3.05, 3.63) is 29.8 Å². The summed E-state index contributed by atoms with van der Waals surface area (Å²) in [7, 11) is 0. The van der Waals surface area contributed by atoms with Gasteiger partial charge in [0.25, 0.3) is 5.91 Å². The third kappa shape index (κ3) is 4.55. The van der Waals surface area contributed by atoms with E-state index in [9.17, 15) is 14.4 Å². The highest BCUT2D eigenvalue weighted by molar-refractivity contribution is 5.99. The molecule has 0 radical (unpaired) electrons. The molecule has 0 spiro atoms. The predicted molar refractivity (Wildman–Crippen MR) is 85.9 cm³/mol. The van der Waals surface area contributed by atoms with Crippen LogP contribution < -0.4 is 10.6 Å². The van der Waals surface area contributed by atoms with Crippen LogP contribution in [-0.4, -0.2) is 30.4 Å². The molecule has 0 aliphatic heterocycles. The molecule has 1 fully saturated rings. The van der Waals surface area contributed by atoms with E-state index in [-0.39, 0.29) is 24.3 Å². The molecule has 3 atom stereocenters. The molecule has 2 rings (SSSR count). The van der Waals surface area contributed by atoms with Crippen LogP contribution >= 0.6 is 0 Å². The second kappa shape index (κ2) is 7.26. The van der Waals surface area contributed by atoms with Gasteiger partial charge in [-0.25, -0.2) is 4.79 Å². The molecule has 0 unspecified atom stereocenters. The molecule has 1 saturated carbocycles. The maximum atomic E-state index is 12.2. The normalized spacial score (nSPS) is 20.3. The molecule has 1 aliphatic rings. The minimum atomic E-state index is -0.729. The molecule has 6 heteroatoms. The maximum Gasteiger partial charge on any atom is 0.328 e. The second-order valence-electron chi connectivity index (χ2n) is 5.84. The number of ether oxygens (including phenoxy) is 1. The number of nitrogens with one attached hydrogen (secondary N) is 2. The Bertz CT molecular complexity index is 614. The van der Waals surface area contributed by atoms with Crippen LogP contribution in [0.5, 0.6) is 0 Å². The SMILES string of the molecule is CCOC(=O)[C@H](C)NC(=O)c1cccc(NC(=O)[C@@H]2C[C@H]2C)c1. The number of carbonyl (C=O) groups is 3. The van der Waals surface area contributed by atoms with Gasteiger partial charge in [0.2, 0.25) is 5.91 Å². The van der Waals surface area contributed by atoms with Crippen LogP contribution in [0.3, 0.4) is 0 Å². The van der Waals surface area contributed by atoms with E-state index >= 15 is 0 Å². The number of hydrogen-bond acceptors (Lipinski definition) is 4. The Morgan fingerprint density at radius 3 is 2.65 bits per heavy atom. The van der Waals surface area contributed by atoms with Crippen LogP contribution in [0, 0.1) is 11.8 Å². The van der Waals surface area contributed by atoms with Crippen LogP contribution in [0.4, 0.5) is 5.69 Å². The van der Waals surface area contributed by atoms with Gasteiger partial charge >= 0.3 is 5.97 Å². The summed E-state index contributed by atoms with van der Waals surface area (Å²) >= 11 is 0. The third-order valence-corrected chi connectivity index (χ3v) is 3.83. The zero-order valence-corrected chi connectivity index (χ0v) is 13.6.